The minimum atomic E-state index is -0.0169. The highest BCUT2D eigenvalue weighted by Crippen LogP contribution is 2.27. The van der Waals surface area contributed by atoms with Crippen LogP contribution in [0.3, 0.4) is 0 Å². The lowest BCUT2D eigenvalue weighted by atomic mass is 10.2. The number of amides is 1. The Morgan fingerprint density at radius 2 is 2.11 bits per heavy atom. The van der Waals surface area contributed by atoms with Crippen molar-refractivity contribution in [1.29, 1.82) is 0 Å². The summed E-state index contributed by atoms with van der Waals surface area (Å²) in [7, 11) is 0. The largest absolute Gasteiger partial charge is 0.371 e. The SMILES string of the molecule is O=C(c1cc2[nH]ncc2cn1)N1CC2CCC(C1)O2. The standard InChI is InChI=1S/C13H14N4O2/c18-13(17-6-9-1-2-10(7-17)19-9)12-3-11-8(4-14-12)5-15-16-11/h3-5,9-10H,1-2,6-7H2,(H,15,16). The van der Waals surface area contributed by atoms with Crippen molar-refractivity contribution in [3.8, 4) is 0 Å². The number of H-pyrrole nitrogens is 1. The highest BCUT2D eigenvalue weighted by Gasteiger charge is 2.36. The van der Waals surface area contributed by atoms with E-state index in [9.17, 15) is 4.79 Å². The van der Waals surface area contributed by atoms with Gasteiger partial charge < -0.3 is 9.64 Å². The van der Waals surface area contributed by atoms with Crippen LogP contribution in [-0.4, -0.2) is 51.3 Å². The second-order valence-electron chi connectivity index (χ2n) is 5.19. The molecule has 0 saturated carbocycles. The second kappa shape index (κ2) is 4.03. The first-order chi connectivity index (χ1) is 9.29. The van der Waals surface area contributed by atoms with Gasteiger partial charge in [-0.25, -0.2) is 0 Å². The van der Waals surface area contributed by atoms with Crippen molar-refractivity contribution >= 4 is 16.8 Å². The third-order valence-corrected chi connectivity index (χ3v) is 3.87. The van der Waals surface area contributed by atoms with Crippen LogP contribution in [-0.2, 0) is 4.74 Å². The van der Waals surface area contributed by atoms with E-state index in [-0.39, 0.29) is 18.1 Å². The highest BCUT2D eigenvalue weighted by atomic mass is 16.5. The Morgan fingerprint density at radius 1 is 1.32 bits per heavy atom. The smallest absolute Gasteiger partial charge is 0.272 e. The molecule has 2 bridgehead atoms. The van der Waals surface area contributed by atoms with E-state index in [0.29, 0.717) is 18.8 Å². The number of hydrogen-bond donors (Lipinski definition) is 1. The van der Waals surface area contributed by atoms with Gasteiger partial charge in [0.1, 0.15) is 5.69 Å². The average molecular weight is 258 g/mol. The van der Waals surface area contributed by atoms with Gasteiger partial charge in [-0.05, 0) is 18.9 Å². The van der Waals surface area contributed by atoms with Gasteiger partial charge in [-0.1, -0.05) is 0 Å². The third-order valence-electron chi connectivity index (χ3n) is 3.87. The zero-order chi connectivity index (χ0) is 12.8. The summed E-state index contributed by atoms with van der Waals surface area (Å²) >= 11 is 0. The number of morpholine rings is 1. The fraction of sp³-hybridized carbons (Fsp3) is 0.462. The quantitative estimate of drug-likeness (QED) is 0.827. The van der Waals surface area contributed by atoms with Crippen LogP contribution in [0.1, 0.15) is 23.3 Å². The van der Waals surface area contributed by atoms with Crippen molar-refractivity contribution < 1.29 is 9.53 Å². The van der Waals surface area contributed by atoms with E-state index < -0.39 is 0 Å². The summed E-state index contributed by atoms with van der Waals surface area (Å²) in [5.74, 6) is -0.0169. The molecule has 6 nitrogen and oxygen atoms in total. The van der Waals surface area contributed by atoms with E-state index in [4.69, 9.17) is 4.74 Å². The van der Waals surface area contributed by atoms with Crippen molar-refractivity contribution in [2.24, 2.45) is 0 Å². The van der Waals surface area contributed by atoms with Crippen LogP contribution in [0.2, 0.25) is 0 Å². The molecule has 2 aliphatic heterocycles. The van der Waals surface area contributed by atoms with E-state index in [1.54, 1.807) is 18.5 Å². The highest BCUT2D eigenvalue weighted by molar-refractivity contribution is 5.95. The molecule has 0 aromatic carbocycles. The molecule has 4 rings (SSSR count). The van der Waals surface area contributed by atoms with Gasteiger partial charge in [-0.15, -0.1) is 0 Å². The molecular formula is C13H14N4O2. The molecule has 0 radical (unpaired) electrons. The number of carbonyl (C=O) groups is 1. The van der Waals surface area contributed by atoms with Crippen molar-refractivity contribution in [3.63, 3.8) is 0 Å². The number of hydrogen-bond acceptors (Lipinski definition) is 4. The minimum absolute atomic E-state index is 0.0169. The van der Waals surface area contributed by atoms with Gasteiger partial charge in [0.15, 0.2) is 0 Å². The van der Waals surface area contributed by atoms with E-state index in [0.717, 1.165) is 23.7 Å². The first-order valence-corrected chi connectivity index (χ1v) is 6.53. The number of fused-ring (bicyclic) bond motifs is 3. The van der Waals surface area contributed by atoms with Crippen molar-refractivity contribution in [1.82, 2.24) is 20.1 Å². The van der Waals surface area contributed by atoms with Crippen molar-refractivity contribution in [3.05, 3.63) is 24.2 Å². The molecule has 2 aliphatic rings. The topological polar surface area (TPSA) is 71.1 Å². The van der Waals surface area contributed by atoms with Crippen molar-refractivity contribution in [2.75, 3.05) is 13.1 Å². The van der Waals surface area contributed by atoms with Crippen LogP contribution in [0.15, 0.2) is 18.5 Å². The lowest BCUT2D eigenvalue weighted by Crippen LogP contribution is -2.46. The summed E-state index contributed by atoms with van der Waals surface area (Å²) < 4.78 is 5.74. The Bertz CT molecular complexity index is 626. The molecule has 0 spiro atoms. The number of nitrogens with zero attached hydrogens (tertiary/aromatic N) is 3. The molecule has 2 saturated heterocycles. The Kier molecular flexibility index (Phi) is 2.32. The molecule has 2 fully saturated rings. The van der Waals surface area contributed by atoms with E-state index in [1.165, 1.54) is 0 Å². The number of pyridine rings is 1. The second-order valence-corrected chi connectivity index (χ2v) is 5.19. The molecule has 1 N–H and O–H groups in total. The monoisotopic (exact) mass is 258 g/mol. The zero-order valence-electron chi connectivity index (χ0n) is 10.4. The molecule has 2 aromatic rings. The number of nitrogens with one attached hydrogen (secondary N) is 1. The number of rotatable bonds is 1. The Labute approximate surface area is 109 Å². The lowest BCUT2D eigenvalue weighted by molar-refractivity contribution is -0.0305. The lowest BCUT2D eigenvalue weighted by Gasteiger charge is -2.31. The predicted molar refractivity (Wildman–Crippen MR) is 67.7 cm³/mol. The number of aromatic amines is 1. The predicted octanol–water partition coefficient (Wildman–Crippen LogP) is 0.961. The normalized spacial score (nSPS) is 26.0. The molecule has 6 heteroatoms. The summed E-state index contributed by atoms with van der Waals surface area (Å²) in [4.78, 5) is 18.5. The summed E-state index contributed by atoms with van der Waals surface area (Å²) in [5.41, 5.74) is 1.31. The molecule has 2 aromatic heterocycles. The molecule has 2 atom stereocenters. The molecule has 19 heavy (non-hydrogen) atoms. The Hall–Kier alpha value is -1.95. The van der Waals surface area contributed by atoms with Crippen LogP contribution in [0.5, 0.6) is 0 Å². The van der Waals surface area contributed by atoms with Crippen LogP contribution in [0.25, 0.3) is 10.9 Å². The molecule has 4 heterocycles. The maximum atomic E-state index is 12.5. The fourth-order valence-electron chi connectivity index (χ4n) is 2.90. The minimum Gasteiger partial charge on any atom is -0.371 e. The van der Waals surface area contributed by atoms with Crippen molar-refractivity contribution in [2.45, 2.75) is 25.0 Å². The maximum absolute atomic E-state index is 12.5. The summed E-state index contributed by atoms with van der Waals surface area (Å²) in [6.07, 6.45) is 5.91. The Morgan fingerprint density at radius 3 is 2.89 bits per heavy atom. The number of likely N-dealkylation sites (tertiary alicyclic amines) is 1. The molecule has 2 unspecified atom stereocenters. The van der Waals surface area contributed by atoms with E-state index >= 15 is 0 Å². The molecule has 1 amide bonds. The summed E-state index contributed by atoms with van der Waals surface area (Å²) in [5, 5.41) is 7.72. The van der Waals surface area contributed by atoms with Gasteiger partial charge in [0.2, 0.25) is 0 Å². The molecule has 98 valence electrons. The Balaban J connectivity index is 1.62. The average Bonchev–Trinajstić information content (AvgIpc) is 3.03. The summed E-state index contributed by atoms with van der Waals surface area (Å²) in [6, 6.07) is 1.77. The van der Waals surface area contributed by atoms with Crippen LogP contribution < -0.4 is 0 Å². The summed E-state index contributed by atoms with van der Waals surface area (Å²) in [6.45, 7) is 1.36. The third kappa shape index (κ3) is 1.79. The molecule has 0 aliphatic carbocycles. The van der Waals surface area contributed by atoms with E-state index in [2.05, 4.69) is 15.2 Å². The van der Waals surface area contributed by atoms with Gasteiger partial charge in [0.25, 0.3) is 5.91 Å². The number of aromatic nitrogens is 3. The van der Waals surface area contributed by atoms with Crippen LogP contribution >= 0.6 is 0 Å². The van der Waals surface area contributed by atoms with Crippen LogP contribution in [0.4, 0.5) is 0 Å². The fourth-order valence-corrected chi connectivity index (χ4v) is 2.90. The number of carbonyl (C=O) groups excluding carboxylic acids is 1. The number of ether oxygens (including phenoxy) is 1. The van der Waals surface area contributed by atoms with Gasteiger partial charge in [-0.2, -0.15) is 5.10 Å². The van der Waals surface area contributed by atoms with Gasteiger partial charge in [0.05, 0.1) is 23.9 Å². The maximum Gasteiger partial charge on any atom is 0.272 e. The first-order valence-electron chi connectivity index (χ1n) is 6.53. The van der Waals surface area contributed by atoms with Gasteiger partial charge in [-0.3, -0.25) is 14.9 Å². The van der Waals surface area contributed by atoms with E-state index in [1.807, 2.05) is 4.90 Å². The zero-order valence-corrected chi connectivity index (χ0v) is 10.4. The van der Waals surface area contributed by atoms with Gasteiger partial charge in [0, 0.05) is 24.7 Å². The van der Waals surface area contributed by atoms with Gasteiger partial charge >= 0.3 is 0 Å². The first kappa shape index (κ1) is 10.9. The molecular weight excluding hydrogens is 244 g/mol. The van der Waals surface area contributed by atoms with Crippen LogP contribution in [0, 0.1) is 0 Å².